The first-order chi connectivity index (χ1) is 12.4. The highest BCUT2D eigenvalue weighted by Gasteiger charge is 2.22. The van der Waals surface area contributed by atoms with Crippen LogP contribution in [0.15, 0.2) is 29.2 Å². The zero-order chi connectivity index (χ0) is 18.9. The van der Waals surface area contributed by atoms with Crippen LogP contribution in [-0.4, -0.2) is 35.8 Å². The second-order valence-electron chi connectivity index (χ2n) is 6.49. The van der Waals surface area contributed by atoms with Gasteiger partial charge in [-0.15, -0.1) is 11.8 Å². The van der Waals surface area contributed by atoms with Crippen LogP contribution in [0, 0.1) is 6.92 Å². The lowest BCUT2D eigenvalue weighted by Crippen LogP contribution is -2.47. The number of aryl methyl sites for hydroxylation is 1. The van der Waals surface area contributed by atoms with Crippen LogP contribution in [0.5, 0.6) is 0 Å². The number of imide groups is 1. The first-order valence-electron chi connectivity index (χ1n) is 8.94. The quantitative estimate of drug-likeness (QED) is 0.562. The number of thioether (sulfide) groups is 1. The Morgan fingerprint density at radius 3 is 2.50 bits per heavy atom. The Labute approximate surface area is 158 Å². The van der Waals surface area contributed by atoms with Crippen molar-refractivity contribution in [3.8, 4) is 0 Å². The highest BCUT2D eigenvalue weighted by atomic mass is 32.2. The smallest absolute Gasteiger partial charge is 0.321 e. The molecule has 1 aromatic carbocycles. The molecule has 3 amide bonds. The molecule has 1 atom stereocenters. The van der Waals surface area contributed by atoms with Gasteiger partial charge in [0, 0.05) is 16.7 Å². The molecule has 6 nitrogen and oxygen atoms in total. The number of urea groups is 1. The molecule has 0 aliphatic heterocycles. The molecular weight excluding hydrogens is 352 g/mol. The number of nitrogens with one attached hydrogen (secondary N) is 2. The summed E-state index contributed by atoms with van der Waals surface area (Å²) in [7, 11) is 0. The molecule has 0 radical (unpaired) electrons. The lowest BCUT2D eigenvalue weighted by atomic mass is 10.2. The van der Waals surface area contributed by atoms with E-state index in [-0.39, 0.29) is 12.5 Å². The van der Waals surface area contributed by atoms with Crippen LogP contribution in [-0.2, 0) is 14.3 Å². The van der Waals surface area contributed by atoms with Crippen molar-refractivity contribution in [1.82, 2.24) is 10.6 Å². The van der Waals surface area contributed by atoms with Crippen molar-refractivity contribution in [3.63, 3.8) is 0 Å². The summed E-state index contributed by atoms with van der Waals surface area (Å²) in [5, 5.41) is 4.99. The summed E-state index contributed by atoms with van der Waals surface area (Å²) < 4.78 is 5.10. The molecule has 142 valence electrons. The van der Waals surface area contributed by atoms with Gasteiger partial charge in [0.2, 0.25) is 0 Å². The maximum absolute atomic E-state index is 11.9. The van der Waals surface area contributed by atoms with Gasteiger partial charge < -0.3 is 10.1 Å². The number of rotatable bonds is 7. The fourth-order valence-corrected chi connectivity index (χ4v) is 3.53. The zero-order valence-electron chi connectivity index (χ0n) is 15.2. The van der Waals surface area contributed by atoms with E-state index in [1.807, 2.05) is 31.2 Å². The van der Waals surface area contributed by atoms with Gasteiger partial charge in [0.25, 0.3) is 5.91 Å². The molecule has 0 aromatic heterocycles. The predicted octanol–water partition coefficient (Wildman–Crippen LogP) is 3.18. The first-order valence-corrected chi connectivity index (χ1v) is 9.93. The SMILES string of the molecule is Cc1ccc(SCCC(=O)OC(C)C(=O)NC(=O)NC2CCCC2)cc1. The number of esters is 1. The largest absolute Gasteiger partial charge is 0.453 e. The van der Waals surface area contributed by atoms with Gasteiger partial charge in [-0.3, -0.25) is 14.9 Å². The number of amides is 3. The van der Waals surface area contributed by atoms with Gasteiger partial charge in [-0.05, 0) is 38.8 Å². The second-order valence-corrected chi connectivity index (χ2v) is 7.66. The van der Waals surface area contributed by atoms with E-state index in [1.165, 1.54) is 12.5 Å². The summed E-state index contributed by atoms with van der Waals surface area (Å²) in [5.74, 6) is -0.498. The van der Waals surface area contributed by atoms with E-state index in [4.69, 9.17) is 4.74 Å². The summed E-state index contributed by atoms with van der Waals surface area (Å²) in [6, 6.07) is 7.64. The second kappa shape index (κ2) is 10.2. The van der Waals surface area contributed by atoms with Crippen LogP contribution < -0.4 is 10.6 Å². The minimum Gasteiger partial charge on any atom is -0.453 e. The standard InChI is InChI=1S/C19H26N2O4S/c1-13-7-9-16(10-8-13)26-12-11-17(22)25-14(2)18(23)21-19(24)20-15-5-3-4-6-15/h7-10,14-15H,3-6,11-12H2,1-2H3,(H2,20,21,23,24). The normalized spacial score (nSPS) is 15.3. The average molecular weight is 378 g/mol. The van der Waals surface area contributed by atoms with Gasteiger partial charge in [-0.1, -0.05) is 30.5 Å². The summed E-state index contributed by atoms with van der Waals surface area (Å²) in [4.78, 5) is 36.6. The molecule has 7 heteroatoms. The number of benzene rings is 1. The van der Waals surface area contributed by atoms with Gasteiger partial charge in [0.15, 0.2) is 6.10 Å². The number of hydrogen-bond acceptors (Lipinski definition) is 5. The summed E-state index contributed by atoms with van der Waals surface area (Å²) in [6.45, 7) is 3.48. The molecule has 1 aromatic rings. The van der Waals surface area contributed by atoms with Crippen molar-refractivity contribution < 1.29 is 19.1 Å². The van der Waals surface area contributed by atoms with Crippen molar-refractivity contribution >= 4 is 29.7 Å². The molecule has 1 unspecified atom stereocenters. The minimum atomic E-state index is -0.999. The average Bonchev–Trinajstić information content (AvgIpc) is 3.09. The van der Waals surface area contributed by atoms with E-state index in [0.717, 1.165) is 30.6 Å². The van der Waals surface area contributed by atoms with Crippen molar-refractivity contribution in [1.29, 1.82) is 0 Å². The van der Waals surface area contributed by atoms with Gasteiger partial charge in [-0.2, -0.15) is 0 Å². The van der Waals surface area contributed by atoms with E-state index in [9.17, 15) is 14.4 Å². The Morgan fingerprint density at radius 2 is 1.85 bits per heavy atom. The van der Waals surface area contributed by atoms with Gasteiger partial charge in [-0.25, -0.2) is 4.79 Å². The Morgan fingerprint density at radius 1 is 1.19 bits per heavy atom. The number of ether oxygens (including phenoxy) is 1. The fraction of sp³-hybridized carbons (Fsp3) is 0.526. The van der Waals surface area contributed by atoms with Crippen LogP contribution >= 0.6 is 11.8 Å². The molecule has 1 aliphatic rings. The lowest BCUT2D eigenvalue weighted by molar-refractivity contribution is -0.154. The molecule has 0 heterocycles. The third-order valence-electron chi connectivity index (χ3n) is 4.20. The van der Waals surface area contributed by atoms with Gasteiger partial charge >= 0.3 is 12.0 Å². The highest BCUT2D eigenvalue weighted by Crippen LogP contribution is 2.19. The van der Waals surface area contributed by atoms with E-state index in [1.54, 1.807) is 11.8 Å². The number of carbonyl (C=O) groups is 3. The molecule has 0 bridgehead atoms. The van der Waals surface area contributed by atoms with Crippen molar-refractivity contribution in [2.45, 2.75) is 63.0 Å². The maximum Gasteiger partial charge on any atom is 0.321 e. The van der Waals surface area contributed by atoms with E-state index >= 15 is 0 Å². The van der Waals surface area contributed by atoms with Crippen molar-refractivity contribution in [2.24, 2.45) is 0 Å². The molecule has 0 saturated heterocycles. The van der Waals surface area contributed by atoms with Crippen LogP contribution in [0.3, 0.4) is 0 Å². The van der Waals surface area contributed by atoms with E-state index < -0.39 is 24.0 Å². The van der Waals surface area contributed by atoms with Crippen LogP contribution in [0.1, 0.15) is 44.6 Å². The summed E-state index contributed by atoms with van der Waals surface area (Å²) in [5.41, 5.74) is 1.19. The fourth-order valence-electron chi connectivity index (χ4n) is 2.70. The number of hydrogen-bond donors (Lipinski definition) is 2. The van der Waals surface area contributed by atoms with Gasteiger partial charge in [0.1, 0.15) is 0 Å². The lowest BCUT2D eigenvalue weighted by Gasteiger charge is -2.15. The topological polar surface area (TPSA) is 84.5 Å². The number of carbonyl (C=O) groups excluding carboxylic acids is 3. The van der Waals surface area contributed by atoms with Crippen LogP contribution in [0.4, 0.5) is 4.79 Å². The zero-order valence-corrected chi connectivity index (χ0v) is 16.1. The predicted molar refractivity (Wildman–Crippen MR) is 101 cm³/mol. The molecule has 26 heavy (non-hydrogen) atoms. The molecule has 1 aliphatic carbocycles. The molecular formula is C19H26N2O4S. The molecule has 1 saturated carbocycles. The Balaban J connectivity index is 1.64. The van der Waals surface area contributed by atoms with Crippen molar-refractivity contribution in [3.05, 3.63) is 29.8 Å². The Bertz CT molecular complexity index is 627. The van der Waals surface area contributed by atoms with Crippen LogP contribution in [0.25, 0.3) is 0 Å². The molecule has 0 spiro atoms. The third kappa shape index (κ3) is 7.07. The third-order valence-corrected chi connectivity index (χ3v) is 5.21. The molecule has 2 N–H and O–H groups in total. The van der Waals surface area contributed by atoms with E-state index in [0.29, 0.717) is 5.75 Å². The van der Waals surface area contributed by atoms with Crippen LogP contribution in [0.2, 0.25) is 0 Å². The molecule has 2 rings (SSSR count). The summed E-state index contributed by atoms with van der Waals surface area (Å²) in [6.07, 6.45) is 3.25. The van der Waals surface area contributed by atoms with E-state index in [2.05, 4.69) is 10.6 Å². The first kappa shape index (κ1) is 20.3. The minimum absolute atomic E-state index is 0.124. The van der Waals surface area contributed by atoms with Crippen molar-refractivity contribution in [2.75, 3.05) is 5.75 Å². The maximum atomic E-state index is 11.9. The highest BCUT2D eigenvalue weighted by molar-refractivity contribution is 7.99. The Kier molecular flexibility index (Phi) is 7.97. The molecule has 1 fully saturated rings. The van der Waals surface area contributed by atoms with Gasteiger partial charge in [0.05, 0.1) is 6.42 Å². The Hall–Kier alpha value is -2.02. The monoisotopic (exact) mass is 378 g/mol. The summed E-state index contributed by atoms with van der Waals surface area (Å²) >= 11 is 1.56.